The highest BCUT2D eigenvalue weighted by Crippen LogP contribution is 2.26. The molecule has 23 heavy (non-hydrogen) atoms. The second kappa shape index (κ2) is 5.77. The van der Waals surface area contributed by atoms with Crippen LogP contribution in [0.4, 0.5) is 5.69 Å². The van der Waals surface area contributed by atoms with Crippen LogP contribution in [0.15, 0.2) is 35.4 Å². The van der Waals surface area contributed by atoms with E-state index in [-0.39, 0.29) is 11.5 Å². The van der Waals surface area contributed by atoms with E-state index in [4.69, 9.17) is 0 Å². The smallest absolute Gasteiger partial charge is 0.261 e. The molecule has 1 saturated heterocycles. The van der Waals surface area contributed by atoms with Crippen molar-refractivity contribution in [1.29, 1.82) is 0 Å². The Morgan fingerprint density at radius 1 is 1.30 bits per heavy atom. The SMILES string of the molecule is CC1=NN([C@H]2CCS(=O)(=O)C2)C(=O)[C@@H]1C(=O)Nc1ccccc1. The van der Waals surface area contributed by atoms with E-state index in [1.165, 1.54) is 5.01 Å². The fourth-order valence-corrected chi connectivity index (χ4v) is 4.55. The van der Waals surface area contributed by atoms with Gasteiger partial charge in [0.2, 0.25) is 5.91 Å². The number of sulfone groups is 1. The van der Waals surface area contributed by atoms with Gasteiger partial charge >= 0.3 is 0 Å². The predicted molar refractivity (Wildman–Crippen MR) is 85.6 cm³/mol. The zero-order chi connectivity index (χ0) is 16.6. The van der Waals surface area contributed by atoms with E-state index < -0.39 is 33.6 Å². The molecule has 2 atom stereocenters. The molecule has 0 bridgehead atoms. The van der Waals surface area contributed by atoms with Gasteiger partial charge in [0.25, 0.3) is 5.91 Å². The summed E-state index contributed by atoms with van der Waals surface area (Å²) in [6.07, 6.45) is 0.359. The van der Waals surface area contributed by atoms with Crippen molar-refractivity contribution in [1.82, 2.24) is 5.01 Å². The van der Waals surface area contributed by atoms with E-state index in [2.05, 4.69) is 10.4 Å². The third kappa shape index (κ3) is 3.12. The van der Waals surface area contributed by atoms with Gasteiger partial charge in [-0.25, -0.2) is 13.4 Å². The van der Waals surface area contributed by atoms with Gasteiger partial charge in [-0.2, -0.15) is 5.10 Å². The minimum Gasteiger partial charge on any atom is -0.325 e. The van der Waals surface area contributed by atoms with Crippen LogP contribution in [0.1, 0.15) is 13.3 Å². The zero-order valence-corrected chi connectivity index (χ0v) is 13.4. The Morgan fingerprint density at radius 3 is 2.61 bits per heavy atom. The van der Waals surface area contributed by atoms with Crippen molar-refractivity contribution < 1.29 is 18.0 Å². The maximum absolute atomic E-state index is 12.5. The Hall–Kier alpha value is -2.22. The number of rotatable bonds is 3. The molecule has 122 valence electrons. The predicted octanol–water partition coefficient (Wildman–Crippen LogP) is 0.646. The van der Waals surface area contributed by atoms with Crippen molar-refractivity contribution in [3.05, 3.63) is 30.3 Å². The summed E-state index contributed by atoms with van der Waals surface area (Å²) in [6, 6.07) is 8.37. The van der Waals surface area contributed by atoms with Crippen LogP contribution in [0.25, 0.3) is 0 Å². The number of nitrogens with zero attached hydrogens (tertiary/aromatic N) is 2. The minimum atomic E-state index is -3.12. The maximum atomic E-state index is 12.5. The summed E-state index contributed by atoms with van der Waals surface area (Å²) in [5, 5.41) is 8.00. The molecule has 2 aliphatic heterocycles. The van der Waals surface area contributed by atoms with Crippen molar-refractivity contribution in [3.63, 3.8) is 0 Å². The molecule has 8 heteroatoms. The van der Waals surface area contributed by atoms with Crippen molar-refractivity contribution >= 4 is 33.1 Å². The van der Waals surface area contributed by atoms with Crippen LogP contribution in [0.3, 0.4) is 0 Å². The van der Waals surface area contributed by atoms with Crippen LogP contribution >= 0.6 is 0 Å². The Morgan fingerprint density at radius 2 is 2.00 bits per heavy atom. The lowest BCUT2D eigenvalue weighted by Crippen LogP contribution is -2.40. The summed E-state index contributed by atoms with van der Waals surface area (Å²) in [4.78, 5) is 24.9. The number of anilines is 1. The Bertz CT molecular complexity index is 773. The average molecular weight is 335 g/mol. The molecular formula is C15H17N3O4S. The number of carbonyl (C=O) groups is 2. The molecule has 1 N–H and O–H groups in total. The maximum Gasteiger partial charge on any atom is 0.261 e. The molecule has 2 aliphatic rings. The molecule has 3 rings (SSSR count). The van der Waals surface area contributed by atoms with E-state index in [1.807, 2.05) is 6.07 Å². The fourth-order valence-electron chi connectivity index (χ4n) is 2.86. The molecule has 2 amide bonds. The second-order valence-corrected chi connectivity index (χ2v) is 8.00. The number of hydrogen-bond acceptors (Lipinski definition) is 5. The van der Waals surface area contributed by atoms with E-state index in [9.17, 15) is 18.0 Å². The van der Waals surface area contributed by atoms with E-state index in [0.29, 0.717) is 17.8 Å². The van der Waals surface area contributed by atoms with Gasteiger partial charge in [-0.05, 0) is 25.5 Å². The highest BCUT2D eigenvalue weighted by molar-refractivity contribution is 7.91. The van der Waals surface area contributed by atoms with Crippen LogP contribution in [-0.4, -0.2) is 48.5 Å². The minimum absolute atomic E-state index is 0.0525. The summed E-state index contributed by atoms with van der Waals surface area (Å²) < 4.78 is 23.2. The fraction of sp³-hybridized carbons (Fsp3) is 0.400. The molecule has 1 aromatic carbocycles. The van der Waals surface area contributed by atoms with E-state index in [0.717, 1.165) is 0 Å². The van der Waals surface area contributed by atoms with Crippen molar-refractivity contribution in [2.45, 2.75) is 19.4 Å². The number of carbonyl (C=O) groups excluding carboxylic acids is 2. The largest absolute Gasteiger partial charge is 0.325 e. The van der Waals surface area contributed by atoms with Crippen LogP contribution in [0.2, 0.25) is 0 Å². The van der Waals surface area contributed by atoms with Crippen LogP contribution in [-0.2, 0) is 19.4 Å². The van der Waals surface area contributed by atoms with Gasteiger partial charge in [0.05, 0.1) is 23.3 Å². The van der Waals surface area contributed by atoms with Crippen LogP contribution in [0, 0.1) is 5.92 Å². The number of hydrazone groups is 1. The summed E-state index contributed by atoms with van der Waals surface area (Å²) in [5.41, 5.74) is 0.979. The molecule has 0 spiro atoms. The van der Waals surface area contributed by atoms with Gasteiger partial charge < -0.3 is 5.32 Å². The molecule has 0 saturated carbocycles. The van der Waals surface area contributed by atoms with Crippen LogP contribution in [0.5, 0.6) is 0 Å². The lowest BCUT2D eigenvalue weighted by atomic mass is 10.0. The van der Waals surface area contributed by atoms with Crippen molar-refractivity contribution in [2.24, 2.45) is 11.0 Å². The second-order valence-electron chi connectivity index (χ2n) is 5.77. The van der Waals surface area contributed by atoms with E-state index >= 15 is 0 Å². The Kier molecular flexibility index (Phi) is 3.93. The molecule has 0 aliphatic carbocycles. The number of hydrogen-bond donors (Lipinski definition) is 1. The molecule has 2 heterocycles. The first-order valence-corrected chi connectivity index (χ1v) is 9.14. The summed E-state index contributed by atoms with van der Waals surface area (Å²) in [5.74, 6) is -1.96. The van der Waals surface area contributed by atoms with Crippen molar-refractivity contribution in [3.8, 4) is 0 Å². The zero-order valence-electron chi connectivity index (χ0n) is 12.6. The molecule has 0 aromatic heterocycles. The third-order valence-electron chi connectivity index (χ3n) is 4.01. The van der Waals surface area contributed by atoms with Gasteiger partial charge in [0.1, 0.15) is 0 Å². The van der Waals surface area contributed by atoms with Gasteiger partial charge in [0, 0.05) is 5.69 Å². The molecule has 1 fully saturated rings. The number of benzene rings is 1. The average Bonchev–Trinajstić information content (AvgIpc) is 2.99. The van der Waals surface area contributed by atoms with Crippen molar-refractivity contribution in [2.75, 3.05) is 16.8 Å². The number of para-hydroxylation sites is 1. The summed E-state index contributed by atoms with van der Waals surface area (Å²) >= 11 is 0. The molecule has 1 aromatic rings. The summed E-state index contributed by atoms with van der Waals surface area (Å²) in [6.45, 7) is 1.61. The first-order valence-electron chi connectivity index (χ1n) is 7.32. The topological polar surface area (TPSA) is 95.9 Å². The number of amides is 2. The van der Waals surface area contributed by atoms with Gasteiger partial charge in [-0.3, -0.25) is 9.59 Å². The molecule has 0 radical (unpaired) electrons. The lowest BCUT2D eigenvalue weighted by Gasteiger charge is -2.19. The monoisotopic (exact) mass is 335 g/mol. The van der Waals surface area contributed by atoms with Gasteiger partial charge in [-0.15, -0.1) is 0 Å². The highest BCUT2D eigenvalue weighted by atomic mass is 32.2. The Balaban J connectivity index is 1.74. The molecule has 7 nitrogen and oxygen atoms in total. The quantitative estimate of drug-likeness (QED) is 0.820. The molecule has 0 unspecified atom stereocenters. The third-order valence-corrected chi connectivity index (χ3v) is 5.76. The normalized spacial score (nSPS) is 26.2. The van der Waals surface area contributed by atoms with Crippen LogP contribution < -0.4 is 5.32 Å². The first kappa shape index (κ1) is 15.7. The first-order chi connectivity index (χ1) is 10.9. The van der Waals surface area contributed by atoms with E-state index in [1.54, 1.807) is 31.2 Å². The standard InChI is InChI=1S/C15H17N3O4S/c1-10-13(14(19)16-11-5-3-2-4-6-11)15(20)18(17-10)12-7-8-23(21,22)9-12/h2-6,12-13H,7-9H2,1H3,(H,16,19)/t12-,13-/m0/s1. The molecular weight excluding hydrogens is 318 g/mol. The summed E-state index contributed by atoms with van der Waals surface area (Å²) in [7, 11) is -3.12. The van der Waals surface area contributed by atoms with Gasteiger partial charge in [0.15, 0.2) is 15.8 Å². The lowest BCUT2D eigenvalue weighted by molar-refractivity contribution is -0.137. The number of nitrogens with one attached hydrogen (secondary N) is 1. The Labute approximate surface area is 134 Å². The van der Waals surface area contributed by atoms with Gasteiger partial charge in [-0.1, -0.05) is 18.2 Å². The highest BCUT2D eigenvalue weighted by Gasteiger charge is 2.44.